The van der Waals surface area contributed by atoms with E-state index in [1.54, 1.807) is 0 Å². The second kappa shape index (κ2) is 8.09. The SMILES string of the molecule is CCCCC[N+]1(CCC)CCCCC1.[F-]. The number of quaternary nitrogens is 1. The lowest BCUT2D eigenvalue weighted by Gasteiger charge is -2.41. The standard InChI is InChI=1S/C13H28N.FH/c1-3-5-7-11-14(10-4-2)12-8-6-9-13-14;/h3-13H2,1-2H3;1H/q+1;/p-1. The van der Waals surface area contributed by atoms with Gasteiger partial charge in [-0.25, -0.2) is 0 Å². The van der Waals surface area contributed by atoms with E-state index in [2.05, 4.69) is 13.8 Å². The molecule has 0 bridgehead atoms. The predicted molar refractivity (Wildman–Crippen MR) is 63.4 cm³/mol. The van der Waals surface area contributed by atoms with Crippen LogP contribution in [0.1, 0.15) is 58.8 Å². The van der Waals surface area contributed by atoms with Crippen LogP contribution >= 0.6 is 0 Å². The summed E-state index contributed by atoms with van der Waals surface area (Å²) < 4.78 is 1.45. The van der Waals surface area contributed by atoms with Gasteiger partial charge in [-0.1, -0.05) is 20.3 Å². The smallest absolute Gasteiger partial charge is 0.0786 e. The third-order valence-electron chi connectivity index (χ3n) is 3.70. The Morgan fingerprint density at radius 1 is 0.800 bits per heavy atom. The van der Waals surface area contributed by atoms with Crippen molar-refractivity contribution in [3.8, 4) is 0 Å². The summed E-state index contributed by atoms with van der Waals surface area (Å²) in [6, 6.07) is 0. The van der Waals surface area contributed by atoms with E-state index in [4.69, 9.17) is 0 Å². The van der Waals surface area contributed by atoms with Gasteiger partial charge in [-0.3, -0.25) is 0 Å². The van der Waals surface area contributed by atoms with E-state index in [0.717, 1.165) is 0 Å². The third-order valence-corrected chi connectivity index (χ3v) is 3.70. The van der Waals surface area contributed by atoms with Crippen molar-refractivity contribution in [3.05, 3.63) is 0 Å². The Hall–Kier alpha value is -0.110. The minimum Gasteiger partial charge on any atom is -1.00 e. The van der Waals surface area contributed by atoms with Crippen LogP contribution < -0.4 is 4.70 Å². The number of likely N-dealkylation sites (tertiary alicyclic amines) is 1. The summed E-state index contributed by atoms with van der Waals surface area (Å²) in [6.45, 7) is 10.5. The van der Waals surface area contributed by atoms with Gasteiger partial charge in [-0.2, -0.15) is 0 Å². The summed E-state index contributed by atoms with van der Waals surface area (Å²) in [5, 5.41) is 0. The van der Waals surface area contributed by atoms with Gasteiger partial charge in [-0.05, 0) is 38.5 Å². The fraction of sp³-hybridized carbons (Fsp3) is 1.00. The maximum atomic E-state index is 2.34. The zero-order valence-corrected chi connectivity index (χ0v) is 10.6. The van der Waals surface area contributed by atoms with E-state index < -0.39 is 0 Å². The lowest BCUT2D eigenvalue weighted by atomic mass is 10.1. The highest BCUT2D eigenvalue weighted by Crippen LogP contribution is 2.20. The molecule has 0 aromatic heterocycles. The van der Waals surface area contributed by atoms with Crippen molar-refractivity contribution >= 4 is 0 Å². The van der Waals surface area contributed by atoms with Gasteiger partial charge >= 0.3 is 0 Å². The topological polar surface area (TPSA) is 0 Å². The number of hydrogen-bond donors (Lipinski definition) is 0. The number of unbranched alkanes of at least 4 members (excludes halogenated alkanes) is 2. The van der Waals surface area contributed by atoms with Crippen LogP contribution in [0.2, 0.25) is 0 Å². The molecule has 1 fully saturated rings. The van der Waals surface area contributed by atoms with Crippen LogP contribution in [0.15, 0.2) is 0 Å². The normalized spacial score (nSPS) is 19.6. The van der Waals surface area contributed by atoms with Crippen LogP contribution in [0.25, 0.3) is 0 Å². The van der Waals surface area contributed by atoms with Gasteiger partial charge in [0, 0.05) is 0 Å². The van der Waals surface area contributed by atoms with Gasteiger partial charge in [0.05, 0.1) is 26.2 Å². The molecule has 0 aliphatic carbocycles. The fourth-order valence-electron chi connectivity index (χ4n) is 2.91. The Morgan fingerprint density at radius 2 is 1.47 bits per heavy atom. The molecular formula is C13H28FN. The molecule has 0 saturated carbocycles. The van der Waals surface area contributed by atoms with Crippen molar-refractivity contribution in [1.82, 2.24) is 0 Å². The van der Waals surface area contributed by atoms with E-state index in [9.17, 15) is 0 Å². The Balaban J connectivity index is 0.00000196. The number of halogens is 1. The highest BCUT2D eigenvalue weighted by Gasteiger charge is 2.27. The molecule has 1 saturated heterocycles. The number of hydrogen-bond acceptors (Lipinski definition) is 0. The summed E-state index contributed by atoms with van der Waals surface area (Å²) >= 11 is 0. The van der Waals surface area contributed by atoms with Crippen LogP contribution in [0.3, 0.4) is 0 Å². The quantitative estimate of drug-likeness (QED) is 0.451. The van der Waals surface area contributed by atoms with Gasteiger partial charge in [-0.15, -0.1) is 0 Å². The predicted octanol–water partition coefficient (Wildman–Crippen LogP) is 0.591. The molecule has 1 aliphatic rings. The van der Waals surface area contributed by atoms with Crippen LogP contribution in [0, 0.1) is 0 Å². The molecule has 0 radical (unpaired) electrons. The molecule has 0 N–H and O–H groups in total. The third kappa shape index (κ3) is 4.96. The van der Waals surface area contributed by atoms with E-state index >= 15 is 0 Å². The van der Waals surface area contributed by atoms with Crippen molar-refractivity contribution in [3.63, 3.8) is 0 Å². The second-order valence-corrected chi connectivity index (χ2v) is 5.00. The van der Waals surface area contributed by atoms with Crippen LogP contribution in [-0.2, 0) is 0 Å². The summed E-state index contributed by atoms with van der Waals surface area (Å²) in [6.07, 6.45) is 10.1. The summed E-state index contributed by atoms with van der Waals surface area (Å²) in [7, 11) is 0. The van der Waals surface area contributed by atoms with Gasteiger partial charge in [0.15, 0.2) is 0 Å². The van der Waals surface area contributed by atoms with Crippen LogP contribution in [-0.4, -0.2) is 30.7 Å². The molecule has 0 unspecified atom stereocenters. The molecule has 1 nitrogen and oxygen atoms in total. The monoisotopic (exact) mass is 217 g/mol. The Kier molecular flexibility index (Phi) is 8.03. The molecule has 0 amide bonds. The fourth-order valence-corrected chi connectivity index (χ4v) is 2.91. The van der Waals surface area contributed by atoms with E-state index in [1.807, 2.05) is 0 Å². The first-order valence-corrected chi connectivity index (χ1v) is 6.68. The van der Waals surface area contributed by atoms with Gasteiger partial charge in [0.25, 0.3) is 0 Å². The van der Waals surface area contributed by atoms with Crippen LogP contribution in [0.5, 0.6) is 0 Å². The van der Waals surface area contributed by atoms with E-state index in [1.165, 1.54) is 75.6 Å². The number of piperidine rings is 1. The molecule has 0 spiro atoms. The highest BCUT2D eigenvalue weighted by molar-refractivity contribution is 4.54. The van der Waals surface area contributed by atoms with Crippen molar-refractivity contribution in [2.24, 2.45) is 0 Å². The zero-order chi connectivity index (χ0) is 10.3. The molecular weight excluding hydrogens is 189 g/mol. The first-order chi connectivity index (χ1) is 6.83. The first-order valence-electron chi connectivity index (χ1n) is 6.68. The van der Waals surface area contributed by atoms with Gasteiger partial charge in [0.1, 0.15) is 0 Å². The van der Waals surface area contributed by atoms with Crippen molar-refractivity contribution in [2.75, 3.05) is 26.2 Å². The average Bonchev–Trinajstić information content (AvgIpc) is 2.20. The second-order valence-electron chi connectivity index (χ2n) is 5.00. The molecule has 92 valence electrons. The van der Waals surface area contributed by atoms with Crippen molar-refractivity contribution in [1.29, 1.82) is 0 Å². The molecule has 1 heterocycles. The van der Waals surface area contributed by atoms with Gasteiger partial charge in [0.2, 0.25) is 0 Å². The van der Waals surface area contributed by atoms with Crippen LogP contribution in [0.4, 0.5) is 0 Å². The number of nitrogens with zero attached hydrogens (tertiary/aromatic N) is 1. The lowest BCUT2D eigenvalue weighted by molar-refractivity contribution is -0.932. The van der Waals surface area contributed by atoms with E-state index in [0.29, 0.717) is 0 Å². The minimum atomic E-state index is 0. The number of rotatable bonds is 6. The molecule has 0 atom stereocenters. The Bertz CT molecular complexity index is 136. The molecule has 0 aromatic carbocycles. The summed E-state index contributed by atoms with van der Waals surface area (Å²) in [5.41, 5.74) is 0. The maximum absolute atomic E-state index is 2.34. The lowest BCUT2D eigenvalue weighted by Crippen LogP contribution is -3.00. The molecule has 15 heavy (non-hydrogen) atoms. The molecule has 2 heteroatoms. The zero-order valence-electron chi connectivity index (χ0n) is 10.6. The minimum absolute atomic E-state index is 0. The largest absolute Gasteiger partial charge is 1.00 e. The maximum Gasteiger partial charge on any atom is 0.0786 e. The Morgan fingerprint density at radius 3 is 2.00 bits per heavy atom. The Labute approximate surface area is 94.8 Å². The summed E-state index contributed by atoms with van der Waals surface area (Å²) in [4.78, 5) is 0. The van der Waals surface area contributed by atoms with Gasteiger partial charge < -0.3 is 9.19 Å². The molecule has 0 aromatic rings. The summed E-state index contributed by atoms with van der Waals surface area (Å²) in [5.74, 6) is 0. The van der Waals surface area contributed by atoms with Crippen molar-refractivity contribution < 1.29 is 9.19 Å². The highest BCUT2D eigenvalue weighted by atomic mass is 19.0. The molecule has 1 rings (SSSR count). The average molecular weight is 217 g/mol. The van der Waals surface area contributed by atoms with Crippen molar-refractivity contribution in [2.45, 2.75) is 58.8 Å². The molecule has 1 aliphatic heterocycles. The first kappa shape index (κ1) is 14.9. The van der Waals surface area contributed by atoms with E-state index in [-0.39, 0.29) is 4.70 Å².